The summed E-state index contributed by atoms with van der Waals surface area (Å²) in [6.45, 7) is 0. The van der Waals surface area contributed by atoms with E-state index in [0.29, 0.717) is 0 Å². The summed E-state index contributed by atoms with van der Waals surface area (Å²) in [4.78, 5) is 53.6. The summed E-state index contributed by atoms with van der Waals surface area (Å²) in [5.41, 5.74) is 0. The SMILES string of the molecule is O=C([O-])C(=O)[O-].O=C([O-])C(=O)[O-].O=C([O-])C(=O)[O-].[Fe+2].[Fe+2]. The molecule has 0 heterocycles. The second-order valence-electron chi connectivity index (χ2n) is 1.72. The second kappa shape index (κ2) is 16.9. The smallest absolute Gasteiger partial charge is 0.543 e. The van der Waals surface area contributed by atoms with Crippen molar-refractivity contribution in [2.45, 2.75) is 0 Å². The van der Waals surface area contributed by atoms with Gasteiger partial charge in [0.1, 0.15) is 0 Å². The van der Waals surface area contributed by atoms with E-state index in [9.17, 15) is 0 Å². The van der Waals surface area contributed by atoms with Crippen LogP contribution in [0.1, 0.15) is 0 Å². The number of carbonyl (C=O) groups is 6. The van der Waals surface area contributed by atoms with Gasteiger partial charge in [0.25, 0.3) is 0 Å². The fraction of sp³-hybridized carbons (Fsp3) is 0. The van der Waals surface area contributed by atoms with E-state index in [1.54, 1.807) is 0 Å². The number of hydrogen-bond acceptors (Lipinski definition) is 12. The topological polar surface area (TPSA) is 241 Å². The molecule has 0 atom stereocenters. The fourth-order valence-electron chi connectivity index (χ4n) is 0. The Morgan fingerprint density at radius 1 is 0.350 bits per heavy atom. The number of hydrogen-bond donors (Lipinski definition) is 0. The van der Waals surface area contributed by atoms with Crippen molar-refractivity contribution in [3.8, 4) is 0 Å². The summed E-state index contributed by atoms with van der Waals surface area (Å²) in [5.74, 6) is -13.1. The van der Waals surface area contributed by atoms with Crippen LogP contribution in [0.2, 0.25) is 0 Å². The van der Waals surface area contributed by atoms with E-state index in [1.165, 1.54) is 0 Å². The van der Waals surface area contributed by atoms with Crippen LogP contribution >= 0.6 is 0 Å². The first-order valence-corrected chi connectivity index (χ1v) is 3.20. The maximum atomic E-state index is 8.93. The monoisotopic (exact) mass is 376 g/mol. The van der Waals surface area contributed by atoms with Crippen LogP contribution in [0, 0.1) is 0 Å². The minimum atomic E-state index is -2.19. The zero-order chi connectivity index (χ0) is 15.5. The molecule has 12 nitrogen and oxygen atoms in total. The van der Waals surface area contributed by atoms with E-state index in [4.69, 9.17) is 59.4 Å². The number of carboxylic acid groups (broad SMARTS) is 6. The molecule has 0 aliphatic rings. The molecule has 0 rings (SSSR count). The largest absolute Gasteiger partial charge is 2.00 e. The molecule has 0 radical (unpaired) electrons. The Hall–Kier alpha value is -2.14. The number of carboxylic acids is 6. The van der Waals surface area contributed by atoms with Gasteiger partial charge in [-0.15, -0.1) is 0 Å². The van der Waals surface area contributed by atoms with E-state index in [-0.39, 0.29) is 34.1 Å². The minimum absolute atomic E-state index is 0. The number of carbonyl (C=O) groups excluding carboxylic acids is 6. The summed E-state index contributed by atoms with van der Waals surface area (Å²) in [6.07, 6.45) is 0. The molecule has 0 saturated carbocycles. The summed E-state index contributed by atoms with van der Waals surface area (Å²) in [5, 5.41) is 53.6. The molecule has 0 aliphatic carbocycles. The van der Waals surface area contributed by atoms with Crippen molar-refractivity contribution in [1.29, 1.82) is 0 Å². The second-order valence-corrected chi connectivity index (χ2v) is 1.72. The molecule has 0 N–H and O–H groups in total. The van der Waals surface area contributed by atoms with Crippen LogP contribution in [0.15, 0.2) is 0 Å². The Balaban J connectivity index is -0.0000000536. The van der Waals surface area contributed by atoms with Crippen molar-refractivity contribution in [3.63, 3.8) is 0 Å². The molecule has 0 aromatic rings. The summed E-state index contributed by atoms with van der Waals surface area (Å²) >= 11 is 0. The first-order chi connectivity index (χ1) is 7.93. The third kappa shape index (κ3) is 36.0. The Morgan fingerprint density at radius 2 is 0.400 bits per heavy atom. The third-order valence-corrected chi connectivity index (χ3v) is 0.500. The average molecular weight is 376 g/mol. The number of aliphatic carboxylic acids is 6. The Kier molecular flexibility index (Phi) is 25.9. The molecular weight excluding hydrogens is 376 g/mol. The third-order valence-electron chi connectivity index (χ3n) is 0.500. The van der Waals surface area contributed by atoms with Gasteiger partial charge in [0.2, 0.25) is 0 Å². The zero-order valence-electron chi connectivity index (χ0n) is 8.61. The Morgan fingerprint density at radius 3 is 0.400 bits per heavy atom. The van der Waals surface area contributed by atoms with Crippen molar-refractivity contribution in [3.05, 3.63) is 0 Å². The Bertz CT molecular complexity index is 281. The molecule has 0 bridgehead atoms. The zero-order valence-corrected chi connectivity index (χ0v) is 10.8. The average Bonchev–Trinajstić information content (AvgIpc) is 2.18. The van der Waals surface area contributed by atoms with Crippen molar-refractivity contribution in [1.82, 2.24) is 0 Å². The Labute approximate surface area is 130 Å². The van der Waals surface area contributed by atoms with Crippen molar-refractivity contribution in [2.24, 2.45) is 0 Å². The van der Waals surface area contributed by atoms with Gasteiger partial charge >= 0.3 is 34.1 Å². The molecule has 0 unspecified atom stereocenters. The fourth-order valence-corrected chi connectivity index (χ4v) is 0. The molecule has 0 aromatic carbocycles. The van der Waals surface area contributed by atoms with Gasteiger partial charge in [-0.25, -0.2) is 0 Å². The van der Waals surface area contributed by atoms with Gasteiger partial charge in [0, 0.05) is 0 Å². The van der Waals surface area contributed by atoms with E-state index in [2.05, 4.69) is 0 Å². The molecule has 0 aromatic heterocycles. The molecule has 0 amide bonds. The molecule has 20 heavy (non-hydrogen) atoms. The van der Waals surface area contributed by atoms with Crippen LogP contribution in [0.3, 0.4) is 0 Å². The van der Waals surface area contributed by atoms with Gasteiger partial charge in [-0.1, -0.05) is 0 Å². The van der Waals surface area contributed by atoms with Crippen LogP contribution < -0.4 is 30.6 Å². The molecule has 14 heteroatoms. The van der Waals surface area contributed by atoms with Crippen LogP contribution in [0.25, 0.3) is 0 Å². The molecule has 0 aliphatic heterocycles. The van der Waals surface area contributed by atoms with Crippen LogP contribution in [0.4, 0.5) is 0 Å². The van der Waals surface area contributed by atoms with Gasteiger partial charge in [-0.2, -0.15) is 0 Å². The van der Waals surface area contributed by atoms with Crippen molar-refractivity contribution in [2.75, 3.05) is 0 Å². The van der Waals surface area contributed by atoms with Gasteiger partial charge in [-0.05, 0) is 0 Å². The predicted octanol–water partition coefficient (Wildman–Crippen LogP) is -10.5. The van der Waals surface area contributed by atoms with Crippen LogP contribution in [-0.2, 0) is 62.9 Å². The summed E-state index contributed by atoms with van der Waals surface area (Å²) in [6, 6.07) is 0. The van der Waals surface area contributed by atoms with Crippen LogP contribution in [0.5, 0.6) is 0 Å². The normalized spacial score (nSPS) is 6.60. The summed E-state index contributed by atoms with van der Waals surface area (Å²) in [7, 11) is 0. The van der Waals surface area contributed by atoms with Gasteiger partial charge in [0.05, 0.1) is 35.8 Å². The number of rotatable bonds is 0. The maximum absolute atomic E-state index is 8.93. The van der Waals surface area contributed by atoms with Crippen molar-refractivity contribution < 1.29 is 93.5 Å². The molecule has 114 valence electrons. The predicted molar refractivity (Wildman–Crippen MR) is 30.0 cm³/mol. The van der Waals surface area contributed by atoms with Crippen LogP contribution in [-0.4, -0.2) is 35.8 Å². The van der Waals surface area contributed by atoms with E-state index >= 15 is 0 Å². The molecule has 0 spiro atoms. The van der Waals surface area contributed by atoms with E-state index < -0.39 is 35.8 Å². The summed E-state index contributed by atoms with van der Waals surface area (Å²) < 4.78 is 0. The molecule has 0 fully saturated rings. The van der Waals surface area contributed by atoms with E-state index in [0.717, 1.165) is 0 Å². The van der Waals surface area contributed by atoms with Gasteiger partial charge in [-0.3, -0.25) is 0 Å². The van der Waals surface area contributed by atoms with E-state index in [1.807, 2.05) is 0 Å². The van der Waals surface area contributed by atoms with Gasteiger partial charge in [0.15, 0.2) is 0 Å². The standard InChI is InChI=1S/3C2H2O4.2Fe/c3*3-1(4)2(5)6;;/h3*(H,3,4)(H,5,6);;/q;;;2*+2/p-6. The minimum Gasteiger partial charge on any atom is -0.543 e. The molecular formula is C6Fe2O12-2. The first-order valence-electron chi connectivity index (χ1n) is 3.20. The quantitative estimate of drug-likeness (QED) is 0.283. The molecule has 0 saturated heterocycles. The van der Waals surface area contributed by atoms with Gasteiger partial charge < -0.3 is 59.4 Å². The first kappa shape index (κ1) is 30.7. The maximum Gasteiger partial charge on any atom is 2.00 e. The van der Waals surface area contributed by atoms with Crippen molar-refractivity contribution >= 4 is 35.8 Å².